The average Bonchev–Trinajstić information content (AvgIpc) is 2.97. The van der Waals surface area contributed by atoms with E-state index in [-0.39, 0.29) is 23.6 Å². The molecule has 1 aromatic carbocycles. The molecular weight excluding hydrogens is 363 g/mol. The van der Waals surface area contributed by atoms with E-state index in [2.05, 4.69) is 15.0 Å². The first-order chi connectivity index (χ1) is 12.8. The van der Waals surface area contributed by atoms with Gasteiger partial charge in [-0.2, -0.15) is 0 Å². The number of carbonyl (C=O) groups is 1. The summed E-state index contributed by atoms with van der Waals surface area (Å²) in [7, 11) is 0. The first kappa shape index (κ1) is 18.7. The molecule has 1 aromatic heterocycles. The van der Waals surface area contributed by atoms with Gasteiger partial charge in [0.15, 0.2) is 11.5 Å². The van der Waals surface area contributed by atoms with Gasteiger partial charge in [-0.25, -0.2) is 4.99 Å². The first-order valence-electron chi connectivity index (χ1n) is 8.19. The lowest BCUT2D eigenvalue weighted by Gasteiger charge is -2.17. The molecule has 142 valence electrons. The SMILES string of the molecule is CCC1=Nc2cc(=O)ccn2C1C(=O)NCc1ccc(OC(F)(F)F)cc1. The molecule has 1 N–H and O–H groups in total. The molecule has 1 unspecified atom stereocenters. The normalized spacial score (nSPS) is 15.9. The molecule has 3 rings (SSSR count). The minimum absolute atomic E-state index is 0.133. The minimum Gasteiger partial charge on any atom is -0.406 e. The van der Waals surface area contributed by atoms with Crippen LogP contribution >= 0.6 is 0 Å². The Morgan fingerprint density at radius 1 is 1.26 bits per heavy atom. The average molecular weight is 379 g/mol. The van der Waals surface area contributed by atoms with Crippen LogP contribution in [0.15, 0.2) is 52.4 Å². The quantitative estimate of drug-likeness (QED) is 0.868. The van der Waals surface area contributed by atoms with Gasteiger partial charge in [-0.3, -0.25) is 9.59 Å². The fourth-order valence-corrected chi connectivity index (χ4v) is 2.80. The second kappa shape index (κ2) is 7.26. The van der Waals surface area contributed by atoms with E-state index in [9.17, 15) is 22.8 Å². The molecule has 0 spiro atoms. The molecule has 27 heavy (non-hydrogen) atoms. The molecule has 0 bridgehead atoms. The number of benzene rings is 1. The van der Waals surface area contributed by atoms with Gasteiger partial charge in [-0.05, 0) is 24.1 Å². The number of nitrogens with one attached hydrogen (secondary N) is 1. The zero-order chi connectivity index (χ0) is 19.6. The molecule has 1 aliphatic heterocycles. The standard InChI is InChI=1S/C18H16F3N3O3/c1-2-14-16(24-8-7-12(25)9-15(24)23-14)17(26)22-10-11-3-5-13(6-4-11)27-18(19,20)21/h3-9,16H,2,10H2,1H3,(H,22,26). The number of hydrogen-bond donors (Lipinski definition) is 1. The van der Waals surface area contributed by atoms with Crippen LogP contribution in [-0.4, -0.2) is 22.5 Å². The van der Waals surface area contributed by atoms with Crippen LogP contribution in [0.5, 0.6) is 5.75 Å². The van der Waals surface area contributed by atoms with Crippen molar-refractivity contribution in [1.29, 1.82) is 0 Å². The predicted molar refractivity (Wildman–Crippen MR) is 92.1 cm³/mol. The van der Waals surface area contributed by atoms with Crippen molar-refractivity contribution in [3.05, 3.63) is 58.4 Å². The molecule has 0 saturated carbocycles. The molecule has 2 heterocycles. The summed E-state index contributed by atoms with van der Waals surface area (Å²) in [5.41, 5.74) is 1.06. The maximum absolute atomic E-state index is 12.6. The monoisotopic (exact) mass is 379 g/mol. The van der Waals surface area contributed by atoms with Gasteiger partial charge in [-0.15, -0.1) is 13.2 Å². The molecule has 6 nitrogen and oxygen atoms in total. The molecule has 0 saturated heterocycles. The summed E-state index contributed by atoms with van der Waals surface area (Å²) in [6.45, 7) is 2.00. The number of rotatable bonds is 5. The van der Waals surface area contributed by atoms with Crippen molar-refractivity contribution >= 4 is 17.4 Å². The summed E-state index contributed by atoms with van der Waals surface area (Å²) < 4.78 is 41.9. The smallest absolute Gasteiger partial charge is 0.406 e. The van der Waals surface area contributed by atoms with Crippen molar-refractivity contribution < 1.29 is 22.7 Å². The Kier molecular flexibility index (Phi) is 5.02. The van der Waals surface area contributed by atoms with E-state index in [1.165, 1.54) is 42.6 Å². The lowest BCUT2D eigenvalue weighted by Crippen LogP contribution is -2.35. The number of nitrogens with zero attached hydrogens (tertiary/aromatic N) is 2. The number of alkyl halides is 3. The van der Waals surface area contributed by atoms with E-state index in [1.807, 2.05) is 6.92 Å². The number of amides is 1. The highest BCUT2D eigenvalue weighted by Gasteiger charge is 2.32. The largest absolute Gasteiger partial charge is 0.573 e. The summed E-state index contributed by atoms with van der Waals surface area (Å²) in [4.78, 5) is 28.4. The Morgan fingerprint density at radius 2 is 1.96 bits per heavy atom. The zero-order valence-corrected chi connectivity index (χ0v) is 14.3. The highest BCUT2D eigenvalue weighted by molar-refractivity contribution is 6.08. The summed E-state index contributed by atoms with van der Waals surface area (Å²) in [6.07, 6.45) is -2.68. The molecule has 0 fully saturated rings. The second-order valence-electron chi connectivity index (χ2n) is 5.90. The van der Waals surface area contributed by atoms with E-state index >= 15 is 0 Å². The number of ether oxygens (including phenoxy) is 1. The van der Waals surface area contributed by atoms with Crippen molar-refractivity contribution in [2.75, 3.05) is 0 Å². The lowest BCUT2D eigenvalue weighted by molar-refractivity contribution is -0.274. The fourth-order valence-electron chi connectivity index (χ4n) is 2.80. The Labute approximate surface area is 152 Å². The number of fused-ring (bicyclic) bond motifs is 1. The number of carbonyl (C=O) groups excluding carboxylic acids is 1. The van der Waals surface area contributed by atoms with Gasteiger partial charge in [0.1, 0.15) is 11.6 Å². The predicted octanol–water partition coefficient (Wildman–Crippen LogP) is 3.10. The highest BCUT2D eigenvalue weighted by atomic mass is 19.4. The Hall–Kier alpha value is -3.10. The van der Waals surface area contributed by atoms with E-state index < -0.39 is 12.4 Å². The van der Waals surface area contributed by atoms with Crippen LogP contribution in [-0.2, 0) is 11.3 Å². The third kappa shape index (κ3) is 4.36. The summed E-state index contributed by atoms with van der Waals surface area (Å²) in [5.74, 6) is -0.214. The van der Waals surface area contributed by atoms with Crippen molar-refractivity contribution in [3.63, 3.8) is 0 Å². The molecule has 9 heteroatoms. The van der Waals surface area contributed by atoms with Gasteiger partial charge in [-0.1, -0.05) is 19.1 Å². The van der Waals surface area contributed by atoms with Crippen LogP contribution in [0.4, 0.5) is 19.0 Å². The lowest BCUT2D eigenvalue weighted by atomic mass is 10.1. The van der Waals surface area contributed by atoms with Crippen LogP contribution in [0.2, 0.25) is 0 Å². The fraction of sp³-hybridized carbons (Fsp3) is 0.278. The van der Waals surface area contributed by atoms with Gasteiger partial charge >= 0.3 is 6.36 Å². The second-order valence-corrected chi connectivity index (χ2v) is 5.90. The number of hydrogen-bond acceptors (Lipinski definition) is 4. The third-order valence-corrected chi connectivity index (χ3v) is 4.02. The minimum atomic E-state index is -4.75. The van der Waals surface area contributed by atoms with E-state index in [0.29, 0.717) is 23.5 Å². The molecule has 0 aliphatic carbocycles. The Balaban J connectivity index is 1.68. The van der Waals surface area contributed by atoms with Crippen molar-refractivity contribution in [1.82, 2.24) is 9.88 Å². The molecule has 2 aromatic rings. The van der Waals surface area contributed by atoms with Gasteiger partial charge in [0.05, 0.1) is 5.71 Å². The number of pyridine rings is 1. The molecule has 1 amide bonds. The zero-order valence-electron chi connectivity index (χ0n) is 14.3. The molecular formula is C18H16F3N3O3. The van der Waals surface area contributed by atoms with Crippen molar-refractivity contribution in [2.24, 2.45) is 4.99 Å². The third-order valence-electron chi connectivity index (χ3n) is 4.02. The van der Waals surface area contributed by atoms with Crippen LogP contribution < -0.4 is 15.5 Å². The van der Waals surface area contributed by atoms with Crippen LogP contribution in [0.3, 0.4) is 0 Å². The summed E-state index contributed by atoms with van der Waals surface area (Å²) in [5, 5.41) is 2.75. The Morgan fingerprint density at radius 3 is 2.59 bits per heavy atom. The van der Waals surface area contributed by atoms with Crippen LogP contribution in [0.1, 0.15) is 24.9 Å². The van der Waals surface area contributed by atoms with Gasteiger partial charge in [0, 0.05) is 24.9 Å². The van der Waals surface area contributed by atoms with E-state index in [1.54, 1.807) is 4.57 Å². The molecule has 1 aliphatic rings. The van der Waals surface area contributed by atoms with E-state index in [4.69, 9.17) is 0 Å². The molecule has 1 atom stereocenters. The van der Waals surface area contributed by atoms with E-state index in [0.717, 1.165) is 0 Å². The first-order valence-corrected chi connectivity index (χ1v) is 8.19. The number of aromatic nitrogens is 1. The number of aliphatic imine (C=N–C) groups is 1. The van der Waals surface area contributed by atoms with Gasteiger partial charge < -0.3 is 14.6 Å². The highest BCUT2D eigenvalue weighted by Crippen LogP contribution is 2.28. The maximum Gasteiger partial charge on any atom is 0.573 e. The van der Waals surface area contributed by atoms with Crippen molar-refractivity contribution in [2.45, 2.75) is 32.3 Å². The number of halogens is 3. The molecule has 0 radical (unpaired) electrons. The summed E-state index contributed by atoms with van der Waals surface area (Å²) in [6, 6.07) is 7.32. The van der Waals surface area contributed by atoms with Gasteiger partial charge in [0.25, 0.3) is 0 Å². The van der Waals surface area contributed by atoms with Crippen LogP contribution in [0.25, 0.3) is 0 Å². The topological polar surface area (TPSA) is 72.7 Å². The van der Waals surface area contributed by atoms with Crippen molar-refractivity contribution in [3.8, 4) is 5.75 Å². The van der Waals surface area contributed by atoms with Gasteiger partial charge in [0.2, 0.25) is 5.91 Å². The maximum atomic E-state index is 12.6. The Bertz CT molecular complexity index is 933. The summed E-state index contributed by atoms with van der Waals surface area (Å²) >= 11 is 0. The van der Waals surface area contributed by atoms with Crippen LogP contribution in [0, 0.1) is 0 Å².